The number of benzene rings is 4. The zero-order chi connectivity index (χ0) is 57.1. The zero-order valence-electron chi connectivity index (χ0n) is 41.9. The molecule has 8 bridgehead atoms. The Balaban J connectivity index is 1.79. The summed E-state index contributed by atoms with van der Waals surface area (Å²) in [5.74, 6) is -11.7. The first-order valence-corrected chi connectivity index (χ1v) is 24.6. The average Bonchev–Trinajstić information content (AvgIpc) is 4.33. The molecule has 0 radical (unpaired) electrons. The van der Waals surface area contributed by atoms with Gasteiger partial charge in [-0.1, -0.05) is 121 Å². The summed E-state index contributed by atoms with van der Waals surface area (Å²) in [7, 11) is 0. The van der Waals surface area contributed by atoms with Gasteiger partial charge in [-0.05, 0) is 66.8 Å². The lowest BCUT2D eigenvalue weighted by Crippen LogP contribution is -2.07. The molecule has 0 unspecified atom stereocenters. The van der Waals surface area contributed by atoms with Crippen LogP contribution in [0.4, 0.5) is 0 Å². The van der Waals surface area contributed by atoms with Gasteiger partial charge < -0.3 is 50.8 Å². The van der Waals surface area contributed by atoms with Crippen molar-refractivity contribution in [2.45, 2.75) is 51.4 Å². The molecule has 2 aliphatic heterocycles. The Hall–Kier alpha value is -10.8. The van der Waals surface area contributed by atoms with Crippen LogP contribution in [0, 0.1) is 0 Å². The predicted octanol–water partition coefficient (Wildman–Crippen LogP) is 9.21. The number of H-pyrrole nitrogens is 2. The van der Waals surface area contributed by atoms with Gasteiger partial charge in [0.2, 0.25) is 0 Å². The second kappa shape index (κ2) is 22.4. The van der Waals surface area contributed by atoms with Crippen LogP contribution in [0.15, 0.2) is 121 Å². The first-order valence-electron chi connectivity index (χ1n) is 24.6. The Kier molecular flexibility index (Phi) is 15.2. The Morgan fingerprint density at radius 1 is 0.275 bits per heavy atom. The zero-order valence-corrected chi connectivity index (χ0v) is 41.9. The number of hydrogen-bond donors (Lipinski definition) is 10. The summed E-state index contributed by atoms with van der Waals surface area (Å²) < 4.78 is 0. The van der Waals surface area contributed by atoms with E-state index < -0.39 is 99.1 Å². The van der Waals surface area contributed by atoms with Crippen molar-refractivity contribution in [2.75, 3.05) is 0 Å². The maximum absolute atomic E-state index is 13.3. The van der Waals surface area contributed by atoms with E-state index in [0.717, 1.165) is 0 Å². The van der Waals surface area contributed by atoms with Crippen LogP contribution < -0.4 is 0 Å². The molecule has 402 valence electrons. The van der Waals surface area contributed by atoms with E-state index in [1.807, 2.05) is 0 Å². The summed E-state index contributed by atoms with van der Waals surface area (Å²) >= 11 is 0. The molecule has 2 aliphatic rings. The van der Waals surface area contributed by atoms with Crippen LogP contribution in [0.1, 0.15) is 70.7 Å². The Labute approximate surface area is 452 Å². The Morgan fingerprint density at radius 3 is 0.613 bits per heavy atom. The van der Waals surface area contributed by atoms with Crippen LogP contribution >= 0.6 is 0 Å². The number of carbonyl (C=O) groups is 8. The highest BCUT2D eigenvalue weighted by molar-refractivity contribution is 6.14. The smallest absolute Gasteiger partial charge is 0.307 e. The molecule has 20 nitrogen and oxygen atoms in total. The second-order valence-corrected chi connectivity index (χ2v) is 18.7. The molecule has 4 aromatic carbocycles. The molecular formula is C60H46N4O16. The number of hydrogen-bond acceptors (Lipinski definition) is 10. The van der Waals surface area contributed by atoms with E-state index in [2.05, 4.69) is 9.97 Å². The Morgan fingerprint density at radius 2 is 0.450 bits per heavy atom. The maximum atomic E-state index is 13.3. The number of aliphatic carboxylic acids is 8. The van der Waals surface area contributed by atoms with Crippen molar-refractivity contribution in [2.24, 2.45) is 0 Å². The first kappa shape index (κ1) is 54.0. The molecule has 7 aromatic rings. The van der Waals surface area contributed by atoms with Crippen LogP contribution in [0.5, 0.6) is 0 Å². The molecule has 5 heterocycles. The summed E-state index contributed by atoms with van der Waals surface area (Å²) in [5.41, 5.74) is -2.33. The third-order valence-corrected chi connectivity index (χ3v) is 13.6. The van der Waals surface area contributed by atoms with Crippen LogP contribution in [0.2, 0.25) is 0 Å². The van der Waals surface area contributed by atoms with Gasteiger partial charge in [-0.25, -0.2) is 9.97 Å². The topological polar surface area (TPSA) is 356 Å². The molecule has 0 saturated carbocycles. The molecule has 0 spiro atoms. The van der Waals surface area contributed by atoms with E-state index in [1.165, 1.54) is 0 Å². The van der Waals surface area contributed by atoms with Crippen LogP contribution in [0.25, 0.3) is 88.9 Å². The maximum Gasteiger partial charge on any atom is 0.307 e. The summed E-state index contributed by atoms with van der Waals surface area (Å²) in [6.07, 6.45) is -7.34. The molecule has 80 heavy (non-hydrogen) atoms. The van der Waals surface area contributed by atoms with Crippen molar-refractivity contribution >= 4 is 92.1 Å². The number of carboxylic acid groups (broad SMARTS) is 8. The minimum atomic E-state index is -1.47. The van der Waals surface area contributed by atoms with Crippen LogP contribution in [-0.2, 0) is 64.0 Å². The van der Waals surface area contributed by atoms with Gasteiger partial charge in [-0.2, -0.15) is 0 Å². The molecule has 0 aliphatic carbocycles. The van der Waals surface area contributed by atoms with Crippen molar-refractivity contribution in [3.8, 4) is 44.5 Å². The highest BCUT2D eigenvalue weighted by atomic mass is 16.4. The predicted molar refractivity (Wildman–Crippen MR) is 291 cm³/mol. The van der Waals surface area contributed by atoms with Gasteiger partial charge in [0, 0.05) is 22.3 Å². The monoisotopic (exact) mass is 1080 g/mol. The lowest BCUT2D eigenvalue weighted by atomic mass is 9.89. The van der Waals surface area contributed by atoms with E-state index in [9.17, 15) is 79.2 Å². The number of nitrogens with zero attached hydrogens (tertiary/aromatic N) is 2. The van der Waals surface area contributed by atoms with Gasteiger partial charge in [-0.3, -0.25) is 38.4 Å². The third kappa shape index (κ3) is 10.8. The van der Waals surface area contributed by atoms with E-state index in [1.54, 1.807) is 121 Å². The SMILES string of the molecule is O=C(O)CC1=C(CC(=O)O)c2nc1c(-c1ccccc1)c1[nH]c(c(CC(=O)O)c1CC(=O)O)c(-c1ccccc1)c1nc(c(-c3ccccc3)c3[nH]c(c(CC(=O)O)c3CC(=O)O)c2-c2ccccc2)C(CC(=O)O)=C1CC(=O)O. The van der Waals surface area contributed by atoms with Crippen LogP contribution in [-0.4, -0.2) is 109 Å². The van der Waals surface area contributed by atoms with Crippen molar-refractivity contribution in [1.29, 1.82) is 0 Å². The van der Waals surface area contributed by atoms with Gasteiger partial charge in [0.15, 0.2) is 0 Å². The third-order valence-electron chi connectivity index (χ3n) is 13.6. The number of aromatic nitrogens is 4. The van der Waals surface area contributed by atoms with E-state index >= 15 is 0 Å². The highest BCUT2D eigenvalue weighted by Gasteiger charge is 2.36. The minimum absolute atomic E-state index is 0.0570. The summed E-state index contributed by atoms with van der Waals surface area (Å²) in [6.45, 7) is 0. The number of aromatic amines is 2. The first-order chi connectivity index (χ1) is 38.3. The van der Waals surface area contributed by atoms with E-state index in [0.29, 0.717) is 0 Å². The molecule has 9 rings (SSSR count). The van der Waals surface area contributed by atoms with Crippen molar-refractivity contribution in [3.63, 3.8) is 0 Å². The lowest BCUT2D eigenvalue weighted by molar-refractivity contribution is -0.137. The molecule has 0 fully saturated rings. The van der Waals surface area contributed by atoms with Gasteiger partial charge in [0.05, 0.1) is 96.2 Å². The highest BCUT2D eigenvalue weighted by Crippen LogP contribution is 2.50. The molecular weight excluding hydrogens is 1030 g/mol. The fraction of sp³-hybridized carbons (Fsp3) is 0.133. The fourth-order valence-electron chi connectivity index (χ4n) is 10.7. The second-order valence-electron chi connectivity index (χ2n) is 18.7. The quantitative estimate of drug-likeness (QED) is 0.0340. The van der Waals surface area contributed by atoms with Crippen molar-refractivity contribution in [3.05, 3.63) is 166 Å². The number of carboxylic acids is 8. The summed E-state index contributed by atoms with van der Waals surface area (Å²) in [6, 6.07) is 32.0. The molecule has 0 atom stereocenters. The number of rotatable bonds is 20. The van der Waals surface area contributed by atoms with Crippen molar-refractivity contribution < 1.29 is 79.2 Å². The summed E-state index contributed by atoms with van der Waals surface area (Å²) in [5, 5.41) is 86.4. The fourth-order valence-corrected chi connectivity index (χ4v) is 10.7. The molecule has 10 N–H and O–H groups in total. The average molecular weight is 1080 g/mol. The lowest BCUT2D eigenvalue weighted by Gasteiger charge is -2.12. The minimum Gasteiger partial charge on any atom is -0.481 e. The molecule has 3 aromatic heterocycles. The number of nitrogens with one attached hydrogen (secondary N) is 2. The van der Waals surface area contributed by atoms with Gasteiger partial charge >= 0.3 is 47.8 Å². The van der Waals surface area contributed by atoms with Gasteiger partial charge in [0.25, 0.3) is 0 Å². The molecule has 20 heteroatoms. The normalized spacial score (nSPS) is 12.1. The standard InChI is InChI=1S/C60H46N4O16/c65-41(66)21-33-35(23-43(69)70)55-50(30-15-7-2-8-16-30)57-37(25-45(73)74)39(27-47(77)78)59(63-57)52(32-19-11-4-12-20-32)60-40(28-48(79)80)38(26-46(75)76)58(64-60)51(31-17-9-3-10-18-31)56-36(24-44(71)72)34(22-42(67)68)54(62-56)49(53(33)61-55)29-13-5-1-6-14-29/h1-20,61,64H,21-28H2,(H,65,66)(H,67,68)(H,69,70)(H,71,72)(H,73,74)(H,75,76)(H,77,78)(H,79,80). The largest absolute Gasteiger partial charge is 0.481 e. The van der Waals surface area contributed by atoms with E-state index in [-0.39, 0.29) is 134 Å². The van der Waals surface area contributed by atoms with Crippen LogP contribution in [0.3, 0.4) is 0 Å². The molecule has 0 saturated heterocycles. The summed E-state index contributed by atoms with van der Waals surface area (Å²) in [4.78, 5) is 123. The van der Waals surface area contributed by atoms with Crippen molar-refractivity contribution in [1.82, 2.24) is 19.9 Å². The van der Waals surface area contributed by atoms with Gasteiger partial charge in [0.1, 0.15) is 0 Å². The molecule has 0 amide bonds. The van der Waals surface area contributed by atoms with E-state index in [4.69, 9.17) is 9.97 Å². The number of fused-ring (bicyclic) bond motifs is 8. The van der Waals surface area contributed by atoms with Gasteiger partial charge in [-0.15, -0.1) is 0 Å². The Bertz CT molecular complexity index is 3500.